The molecule has 0 radical (unpaired) electrons. The molecule has 1 aromatic rings. The highest BCUT2D eigenvalue weighted by molar-refractivity contribution is 6.08. The lowest BCUT2D eigenvalue weighted by Crippen LogP contribution is -2.44. The van der Waals surface area contributed by atoms with E-state index in [1.807, 2.05) is 13.8 Å². The minimum Gasteiger partial charge on any atom is -0.443 e. The summed E-state index contributed by atoms with van der Waals surface area (Å²) in [6, 6.07) is 5.09. The standard InChI is InChI=1S/C20H29N3O4.C10H18O5/c1-9-13(2)16-14(12-21)10-11-15(22-16)23(17(24)26-19(3,4)5)18(25)27-20(6,7)8;1-9(2,3)14-7(11)13-8(12)15-10(4,5)6/h10-11,13H,9H2,1-8H3;1-6H3. The van der Waals surface area contributed by atoms with Gasteiger partial charge >= 0.3 is 24.5 Å². The zero-order valence-corrected chi connectivity index (χ0v) is 27.5. The third-order valence-corrected chi connectivity index (χ3v) is 4.44. The fourth-order valence-corrected chi connectivity index (χ4v) is 2.74. The molecule has 0 saturated carbocycles. The van der Waals surface area contributed by atoms with Gasteiger partial charge in [-0.15, -0.1) is 0 Å². The number of anilines is 1. The van der Waals surface area contributed by atoms with Crippen molar-refractivity contribution < 1.29 is 42.9 Å². The number of ether oxygens (including phenoxy) is 5. The van der Waals surface area contributed by atoms with Gasteiger partial charge in [-0.3, -0.25) is 0 Å². The van der Waals surface area contributed by atoms with Crippen molar-refractivity contribution in [3.05, 3.63) is 23.4 Å². The minimum absolute atomic E-state index is 0.0151. The van der Waals surface area contributed by atoms with Gasteiger partial charge in [-0.1, -0.05) is 13.8 Å². The molecule has 1 rings (SSSR count). The van der Waals surface area contributed by atoms with Crippen LogP contribution in [0.4, 0.5) is 25.0 Å². The van der Waals surface area contributed by atoms with Crippen LogP contribution in [0.5, 0.6) is 0 Å². The number of amides is 2. The third-order valence-electron chi connectivity index (χ3n) is 4.44. The lowest BCUT2D eigenvalue weighted by molar-refractivity contribution is -0.0294. The van der Waals surface area contributed by atoms with Crippen LogP contribution in [0.1, 0.15) is 121 Å². The summed E-state index contributed by atoms with van der Waals surface area (Å²) in [6.45, 7) is 24.1. The summed E-state index contributed by atoms with van der Waals surface area (Å²) >= 11 is 0. The van der Waals surface area contributed by atoms with E-state index in [9.17, 15) is 24.4 Å². The molecule has 1 unspecified atom stereocenters. The largest absolute Gasteiger partial charge is 0.519 e. The molecular weight excluding hydrogens is 546 g/mol. The number of carbonyl (C=O) groups excluding carboxylic acids is 4. The number of imide groups is 1. The summed E-state index contributed by atoms with van der Waals surface area (Å²) in [6.07, 6.45) is -3.13. The number of rotatable bonds is 3. The quantitative estimate of drug-likeness (QED) is 0.190. The van der Waals surface area contributed by atoms with Crippen molar-refractivity contribution in [2.45, 2.75) is 132 Å². The molecule has 1 aromatic heterocycles. The van der Waals surface area contributed by atoms with Gasteiger partial charge in [-0.05, 0) is 108 Å². The molecule has 0 spiro atoms. The molecule has 0 bridgehead atoms. The Morgan fingerprint density at radius 3 is 1.45 bits per heavy atom. The van der Waals surface area contributed by atoms with E-state index in [0.717, 1.165) is 11.3 Å². The first-order chi connectivity index (χ1) is 18.8. The molecule has 0 N–H and O–H groups in total. The van der Waals surface area contributed by atoms with Crippen molar-refractivity contribution in [2.24, 2.45) is 0 Å². The second-order valence-electron chi connectivity index (χ2n) is 13.4. The van der Waals surface area contributed by atoms with Gasteiger partial charge in [0.05, 0.1) is 11.3 Å². The maximum Gasteiger partial charge on any atom is 0.519 e. The summed E-state index contributed by atoms with van der Waals surface area (Å²) in [5, 5.41) is 9.33. The van der Waals surface area contributed by atoms with E-state index in [2.05, 4.69) is 15.8 Å². The monoisotopic (exact) mass is 593 g/mol. The summed E-state index contributed by atoms with van der Waals surface area (Å²) in [5.41, 5.74) is -2.07. The van der Waals surface area contributed by atoms with Gasteiger partial charge in [0.2, 0.25) is 0 Å². The molecule has 0 aliphatic rings. The van der Waals surface area contributed by atoms with E-state index in [1.165, 1.54) is 6.07 Å². The van der Waals surface area contributed by atoms with E-state index in [4.69, 9.17) is 18.9 Å². The van der Waals surface area contributed by atoms with Crippen molar-refractivity contribution in [3.8, 4) is 6.07 Å². The SMILES string of the molecule is CC(C)(C)OC(=O)OC(=O)OC(C)(C)C.CCC(C)c1nc(N(C(=O)OC(C)(C)C)C(=O)OC(C)(C)C)ccc1C#N. The number of pyridine rings is 1. The number of aromatic nitrogens is 1. The van der Waals surface area contributed by atoms with Gasteiger partial charge in [0.15, 0.2) is 0 Å². The van der Waals surface area contributed by atoms with Crippen molar-refractivity contribution in [1.29, 1.82) is 5.26 Å². The van der Waals surface area contributed by atoms with Crippen LogP contribution < -0.4 is 4.90 Å². The topological polar surface area (TPSA) is 154 Å². The highest BCUT2D eigenvalue weighted by atomic mass is 16.8. The minimum atomic E-state index is -1.06. The fraction of sp³-hybridized carbons (Fsp3) is 0.667. The predicted octanol–water partition coefficient (Wildman–Crippen LogP) is 8.02. The Morgan fingerprint density at radius 2 is 1.14 bits per heavy atom. The molecule has 12 nitrogen and oxygen atoms in total. The van der Waals surface area contributed by atoms with Crippen LogP contribution >= 0.6 is 0 Å². The summed E-state index contributed by atoms with van der Waals surface area (Å²) in [7, 11) is 0. The zero-order valence-electron chi connectivity index (χ0n) is 27.5. The molecule has 1 atom stereocenters. The number of nitriles is 1. The van der Waals surface area contributed by atoms with Crippen LogP contribution in [0.3, 0.4) is 0 Å². The number of hydrogen-bond acceptors (Lipinski definition) is 11. The highest BCUT2D eigenvalue weighted by Crippen LogP contribution is 2.26. The molecular formula is C30H47N3O9. The second kappa shape index (κ2) is 14.8. The van der Waals surface area contributed by atoms with E-state index in [0.29, 0.717) is 11.3 Å². The summed E-state index contributed by atoms with van der Waals surface area (Å²) in [4.78, 5) is 52.6. The Balaban J connectivity index is 0.000000951. The Labute approximate surface area is 249 Å². The first-order valence-electron chi connectivity index (χ1n) is 13.6. The van der Waals surface area contributed by atoms with E-state index < -0.39 is 46.9 Å². The van der Waals surface area contributed by atoms with Gasteiger partial charge in [0, 0.05) is 0 Å². The Bertz CT molecular complexity index is 1090. The summed E-state index contributed by atoms with van der Waals surface area (Å²) < 4.78 is 24.5. The van der Waals surface area contributed by atoms with Crippen molar-refractivity contribution in [2.75, 3.05) is 4.90 Å². The second-order valence-corrected chi connectivity index (χ2v) is 13.4. The van der Waals surface area contributed by atoms with Crippen molar-refractivity contribution in [3.63, 3.8) is 0 Å². The summed E-state index contributed by atoms with van der Waals surface area (Å²) in [5.74, 6) is 0.0477. The van der Waals surface area contributed by atoms with E-state index in [-0.39, 0.29) is 11.7 Å². The lowest BCUT2D eigenvalue weighted by Gasteiger charge is -2.28. The zero-order chi connectivity index (χ0) is 33.3. The number of nitrogens with zero attached hydrogens (tertiary/aromatic N) is 3. The van der Waals surface area contributed by atoms with Gasteiger partial charge in [-0.2, -0.15) is 10.2 Å². The van der Waals surface area contributed by atoms with Gasteiger partial charge in [0.1, 0.15) is 34.3 Å². The normalized spacial score (nSPS) is 12.4. The molecule has 236 valence electrons. The maximum atomic E-state index is 12.7. The van der Waals surface area contributed by atoms with Crippen LogP contribution in [0.2, 0.25) is 0 Å². The first kappa shape index (κ1) is 38.1. The average Bonchev–Trinajstić information content (AvgIpc) is 2.73. The molecule has 0 fully saturated rings. The molecule has 0 saturated heterocycles. The van der Waals surface area contributed by atoms with Crippen LogP contribution in [0, 0.1) is 11.3 Å². The number of hydrogen-bond donors (Lipinski definition) is 0. The molecule has 12 heteroatoms. The van der Waals surface area contributed by atoms with E-state index in [1.54, 1.807) is 89.2 Å². The third kappa shape index (κ3) is 15.8. The Morgan fingerprint density at radius 1 is 0.762 bits per heavy atom. The van der Waals surface area contributed by atoms with E-state index >= 15 is 0 Å². The van der Waals surface area contributed by atoms with Gasteiger partial charge in [-0.25, -0.2) is 24.2 Å². The van der Waals surface area contributed by atoms with Crippen LogP contribution in [0.15, 0.2) is 12.1 Å². The van der Waals surface area contributed by atoms with Crippen molar-refractivity contribution >= 4 is 30.3 Å². The Kier molecular flexibility index (Phi) is 13.5. The van der Waals surface area contributed by atoms with Crippen LogP contribution in [-0.4, -0.2) is 51.9 Å². The van der Waals surface area contributed by atoms with Crippen LogP contribution in [0.25, 0.3) is 0 Å². The van der Waals surface area contributed by atoms with Gasteiger partial charge < -0.3 is 23.7 Å². The maximum absolute atomic E-state index is 12.7. The van der Waals surface area contributed by atoms with Gasteiger partial charge in [0.25, 0.3) is 0 Å². The molecule has 42 heavy (non-hydrogen) atoms. The smallest absolute Gasteiger partial charge is 0.443 e. The van der Waals surface area contributed by atoms with Crippen molar-refractivity contribution in [1.82, 2.24) is 4.98 Å². The number of carbonyl (C=O) groups is 4. The molecule has 0 aliphatic heterocycles. The molecule has 0 aliphatic carbocycles. The molecule has 2 amide bonds. The molecule has 1 heterocycles. The van der Waals surface area contributed by atoms with Crippen LogP contribution in [-0.2, 0) is 23.7 Å². The average molecular weight is 594 g/mol. The highest BCUT2D eigenvalue weighted by Gasteiger charge is 2.34. The first-order valence-corrected chi connectivity index (χ1v) is 13.6. The predicted molar refractivity (Wildman–Crippen MR) is 156 cm³/mol. The fourth-order valence-electron chi connectivity index (χ4n) is 2.74. The Hall–Kier alpha value is -3.88. The molecule has 0 aromatic carbocycles. The lowest BCUT2D eigenvalue weighted by atomic mass is 10.00.